The Kier molecular flexibility index (Phi) is 4.02. The lowest BCUT2D eigenvalue weighted by Gasteiger charge is -2.08. The van der Waals surface area contributed by atoms with Crippen LogP contribution in [0.15, 0.2) is 48.7 Å². The van der Waals surface area contributed by atoms with Crippen molar-refractivity contribution in [3.05, 3.63) is 59.9 Å². The fourth-order valence-corrected chi connectivity index (χ4v) is 1.61. The van der Waals surface area contributed by atoms with E-state index in [1.54, 1.807) is 24.4 Å². The van der Waals surface area contributed by atoms with E-state index < -0.39 is 11.7 Å². The number of amides is 1. The molecule has 2 aromatic rings. The minimum atomic E-state index is -4.38. The van der Waals surface area contributed by atoms with Crippen molar-refractivity contribution < 1.29 is 18.0 Å². The number of benzene rings is 1. The van der Waals surface area contributed by atoms with Crippen LogP contribution in [-0.4, -0.2) is 10.9 Å². The fraction of sp³-hybridized carbons (Fsp3) is 0.143. The highest BCUT2D eigenvalue weighted by atomic mass is 19.4. The summed E-state index contributed by atoms with van der Waals surface area (Å²) in [5.74, 6) is -0.330. The van der Waals surface area contributed by atoms with Gasteiger partial charge in [-0.15, -0.1) is 0 Å². The molecule has 1 heterocycles. The average Bonchev–Trinajstić information content (AvgIpc) is 2.39. The van der Waals surface area contributed by atoms with Gasteiger partial charge in [0.1, 0.15) is 0 Å². The molecule has 6 heteroatoms. The number of alkyl halides is 3. The first-order valence-electron chi connectivity index (χ1n) is 5.82. The number of nitrogens with one attached hydrogen (secondary N) is 1. The van der Waals surface area contributed by atoms with E-state index in [9.17, 15) is 18.0 Å². The molecule has 3 nitrogen and oxygen atoms in total. The molecular formula is C14H11F3N2O. The maximum Gasteiger partial charge on any atom is 0.416 e. The van der Waals surface area contributed by atoms with Crippen LogP contribution in [-0.2, 0) is 17.4 Å². The van der Waals surface area contributed by atoms with Crippen molar-refractivity contribution in [3.8, 4) is 0 Å². The fourth-order valence-electron chi connectivity index (χ4n) is 1.61. The summed E-state index contributed by atoms with van der Waals surface area (Å²) < 4.78 is 37.1. The smallest absolute Gasteiger partial charge is 0.326 e. The third-order valence-corrected chi connectivity index (χ3v) is 2.56. The van der Waals surface area contributed by atoms with Crippen LogP contribution in [0.2, 0.25) is 0 Å². The van der Waals surface area contributed by atoms with Crippen LogP contribution < -0.4 is 5.32 Å². The van der Waals surface area contributed by atoms with Gasteiger partial charge in [0.15, 0.2) is 0 Å². The largest absolute Gasteiger partial charge is 0.416 e. The van der Waals surface area contributed by atoms with Crippen LogP contribution >= 0.6 is 0 Å². The Morgan fingerprint density at radius 2 is 1.80 bits per heavy atom. The third-order valence-electron chi connectivity index (χ3n) is 2.56. The number of pyridine rings is 1. The number of halogens is 3. The second kappa shape index (κ2) is 5.73. The van der Waals surface area contributed by atoms with Gasteiger partial charge in [0.05, 0.1) is 12.0 Å². The molecule has 0 aliphatic carbocycles. The summed E-state index contributed by atoms with van der Waals surface area (Å²) in [5, 5.41) is 2.52. The normalized spacial score (nSPS) is 11.2. The third kappa shape index (κ3) is 3.81. The molecule has 0 unspecified atom stereocenters. The number of anilines is 1. The first-order chi connectivity index (χ1) is 9.45. The lowest BCUT2D eigenvalue weighted by atomic mass is 10.2. The molecule has 1 aromatic carbocycles. The first kappa shape index (κ1) is 14.0. The zero-order valence-corrected chi connectivity index (χ0v) is 10.3. The molecule has 0 saturated heterocycles. The van der Waals surface area contributed by atoms with Gasteiger partial charge in [-0.25, -0.2) is 0 Å². The molecule has 2 rings (SSSR count). The summed E-state index contributed by atoms with van der Waals surface area (Å²) in [6, 6.07) is 9.49. The summed E-state index contributed by atoms with van der Waals surface area (Å²) in [4.78, 5) is 15.7. The van der Waals surface area contributed by atoms with E-state index >= 15 is 0 Å². The van der Waals surface area contributed by atoms with Crippen molar-refractivity contribution >= 4 is 11.6 Å². The van der Waals surface area contributed by atoms with Gasteiger partial charge in [-0.05, 0) is 36.4 Å². The number of carbonyl (C=O) groups is 1. The molecule has 1 aromatic heterocycles. The Morgan fingerprint density at radius 1 is 1.10 bits per heavy atom. The number of carbonyl (C=O) groups excluding carboxylic acids is 1. The molecule has 0 saturated carbocycles. The highest BCUT2D eigenvalue weighted by Gasteiger charge is 2.29. The molecular weight excluding hydrogens is 269 g/mol. The van der Waals surface area contributed by atoms with Crippen molar-refractivity contribution in [1.82, 2.24) is 4.98 Å². The highest BCUT2D eigenvalue weighted by Crippen LogP contribution is 2.29. The highest BCUT2D eigenvalue weighted by molar-refractivity contribution is 5.91. The second-order valence-corrected chi connectivity index (χ2v) is 4.12. The SMILES string of the molecule is O=C(Cc1ccccn1)Nc1ccc(C(F)(F)F)cc1. The van der Waals surface area contributed by atoms with E-state index in [4.69, 9.17) is 0 Å². The zero-order chi connectivity index (χ0) is 14.6. The van der Waals surface area contributed by atoms with Gasteiger partial charge in [0.25, 0.3) is 0 Å². The van der Waals surface area contributed by atoms with Crippen molar-refractivity contribution in [2.24, 2.45) is 0 Å². The second-order valence-electron chi connectivity index (χ2n) is 4.12. The summed E-state index contributed by atoms with van der Waals surface area (Å²) >= 11 is 0. The molecule has 0 spiro atoms. The Labute approximate surface area is 113 Å². The molecule has 104 valence electrons. The van der Waals surface area contributed by atoms with Gasteiger partial charge in [-0.1, -0.05) is 6.07 Å². The molecule has 1 amide bonds. The van der Waals surface area contributed by atoms with Crippen LogP contribution in [0.1, 0.15) is 11.3 Å². The van der Waals surface area contributed by atoms with Gasteiger partial charge in [0.2, 0.25) is 5.91 Å². The van der Waals surface area contributed by atoms with Crippen LogP contribution in [0.3, 0.4) is 0 Å². The minimum absolute atomic E-state index is 0.0713. The number of hydrogen-bond acceptors (Lipinski definition) is 2. The monoisotopic (exact) mass is 280 g/mol. The molecule has 0 aliphatic heterocycles. The number of aromatic nitrogens is 1. The Bertz CT molecular complexity index is 580. The molecule has 20 heavy (non-hydrogen) atoms. The number of hydrogen-bond donors (Lipinski definition) is 1. The van der Waals surface area contributed by atoms with Gasteiger partial charge < -0.3 is 5.32 Å². The van der Waals surface area contributed by atoms with Crippen molar-refractivity contribution in [3.63, 3.8) is 0 Å². The van der Waals surface area contributed by atoms with Crippen molar-refractivity contribution in [1.29, 1.82) is 0 Å². The predicted molar refractivity (Wildman–Crippen MR) is 68.0 cm³/mol. The Balaban J connectivity index is 1.98. The zero-order valence-electron chi connectivity index (χ0n) is 10.3. The van der Waals surface area contributed by atoms with Gasteiger partial charge in [0, 0.05) is 17.6 Å². The summed E-state index contributed by atoms with van der Waals surface area (Å²) in [5.41, 5.74) is 0.163. The molecule has 1 N–H and O–H groups in total. The quantitative estimate of drug-likeness (QED) is 0.937. The van der Waals surface area contributed by atoms with Gasteiger partial charge in [-0.2, -0.15) is 13.2 Å². The van der Waals surface area contributed by atoms with Crippen molar-refractivity contribution in [2.75, 3.05) is 5.32 Å². The van der Waals surface area contributed by atoms with Crippen LogP contribution in [0, 0.1) is 0 Å². The standard InChI is InChI=1S/C14H11F3N2O/c15-14(16,17)10-4-6-11(7-5-10)19-13(20)9-12-3-1-2-8-18-12/h1-8H,9H2,(H,19,20). The summed E-state index contributed by atoms with van der Waals surface area (Å²) in [7, 11) is 0. The number of nitrogens with zero attached hydrogens (tertiary/aromatic N) is 1. The number of rotatable bonds is 3. The molecule has 0 atom stereocenters. The Hall–Kier alpha value is -2.37. The lowest BCUT2D eigenvalue weighted by molar-refractivity contribution is -0.137. The molecule has 0 aliphatic rings. The summed E-state index contributed by atoms with van der Waals surface area (Å²) in [6.45, 7) is 0. The van der Waals surface area contributed by atoms with E-state index in [1.165, 1.54) is 12.1 Å². The molecule has 0 fully saturated rings. The first-order valence-corrected chi connectivity index (χ1v) is 5.82. The van der Waals surface area contributed by atoms with Gasteiger partial charge in [-0.3, -0.25) is 9.78 Å². The molecule has 0 bridgehead atoms. The van der Waals surface area contributed by atoms with Gasteiger partial charge >= 0.3 is 6.18 Å². The van der Waals surface area contributed by atoms with Crippen LogP contribution in [0.25, 0.3) is 0 Å². The van der Waals surface area contributed by atoms with E-state index in [-0.39, 0.29) is 12.3 Å². The van der Waals surface area contributed by atoms with E-state index in [2.05, 4.69) is 10.3 Å². The van der Waals surface area contributed by atoms with E-state index in [0.29, 0.717) is 11.4 Å². The topological polar surface area (TPSA) is 42.0 Å². The average molecular weight is 280 g/mol. The van der Waals surface area contributed by atoms with E-state index in [0.717, 1.165) is 12.1 Å². The van der Waals surface area contributed by atoms with E-state index in [1.807, 2.05) is 0 Å². The summed E-state index contributed by atoms with van der Waals surface area (Å²) in [6.07, 6.45) is -2.74. The van der Waals surface area contributed by atoms with Crippen LogP contribution in [0.4, 0.5) is 18.9 Å². The lowest BCUT2D eigenvalue weighted by Crippen LogP contribution is -2.15. The maximum absolute atomic E-state index is 12.4. The van der Waals surface area contributed by atoms with Crippen LogP contribution in [0.5, 0.6) is 0 Å². The Morgan fingerprint density at radius 3 is 2.35 bits per heavy atom. The van der Waals surface area contributed by atoms with Crippen molar-refractivity contribution in [2.45, 2.75) is 12.6 Å². The predicted octanol–water partition coefficient (Wildman–Crippen LogP) is 3.28. The maximum atomic E-state index is 12.4. The molecule has 0 radical (unpaired) electrons. The minimum Gasteiger partial charge on any atom is -0.326 e.